The van der Waals surface area contributed by atoms with Crippen LogP contribution in [0.25, 0.3) is 0 Å². The van der Waals surface area contributed by atoms with E-state index in [-0.39, 0.29) is 0 Å². The summed E-state index contributed by atoms with van der Waals surface area (Å²) in [5.74, 6) is 1.39. The van der Waals surface area contributed by atoms with Crippen LogP contribution in [-0.2, 0) is 8.37 Å². The highest BCUT2D eigenvalue weighted by Gasteiger charge is 2.17. The fourth-order valence-corrected chi connectivity index (χ4v) is 3.45. The van der Waals surface area contributed by atoms with E-state index in [4.69, 9.17) is 8.37 Å². The predicted octanol–water partition coefficient (Wildman–Crippen LogP) is 3.20. The molecule has 5 heteroatoms. The summed E-state index contributed by atoms with van der Waals surface area (Å²) in [6, 6.07) is 10.0. The van der Waals surface area contributed by atoms with Crippen molar-refractivity contribution in [1.82, 2.24) is 0 Å². The van der Waals surface area contributed by atoms with Gasteiger partial charge < -0.3 is 0 Å². The molecule has 0 bridgehead atoms. The largest absolute Gasteiger partial charge is 0.279 e. The van der Waals surface area contributed by atoms with Gasteiger partial charge in [0.25, 0.3) is 0 Å². The summed E-state index contributed by atoms with van der Waals surface area (Å²) in [6.07, 6.45) is 2.01. The molecule has 1 rings (SSSR count). The number of hydrogen-bond acceptors (Lipinski definition) is 4. The molecule has 0 unspecified atom stereocenters. The lowest BCUT2D eigenvalue weighted by molar-refractivity contribution is 0.283. The van der Waals surface area contributed by atoms with Crippen molar-refractivity contribution in [3.8, 4) is 0 Å². The van der Waals surface area contributed by atoms with Gasteiger partial charge in [-0.15, -0.1) is 0 Å². The molecule has 2 nitrogen and oxygen atoms in total. The average Bonchev–Trinajstić information content (AvgIpc) is 2.35. The fourth-order valence-electron chi connectivity index (χ4n) is 1.23. The normalized spacial score (nSPS) is 12.7. The lowest BCUT2D eigenvalue weighted by Gasteiger charge is -2.39. The Hall–Kier alpha value is 0.190. The first-order chi connectivity index (χ1) is 7.73. The van der Waals surface area contributed by atoms with Crippen LogP contribution in [0.2, 0.25) is 0 Å². The first-order valence-electron chi connectivity index (χ1n) is 5.07. The molecular formula is C11H18O2S3. The van der Waals surface area contributed by atoms with Crippen molar-refractivity contribution < 1.29 is 8.37 Å². The Morgan fingerprint density at radius 1 is 1.00 bits per heavy atom. The molecule has 0 fully saturated rings. The molecule has 0 atom stereocenters. The molecule has 0 heterocycles. The maximum absolute atomic E-state index is 5.82. The van der Waals surface area contributed by atoms with Gasteiger partial charge in [0.05, 0.1) is 18.1 Å². The fraction of sp³-hybridized carbons (Fsp3) is 0.455. The molecular weight excluding hydrogens is 260 g/mol. The van der Waals surface area contributed by atoms with Gasteiger partial charge in [-0.3, -0.25) is 8.37 Å². The van der Waals surface area contributed by atoms with Crippen LogP contribution in [0.1, 0.15) is 0 Å². The van der Waals surface area contributed by atoms with Crippen molar-refractivity contribution in [1.29, 1.82) is 0 Å². The zero-order valence-electron chi connectivity index (χ0n) is 9.33. The molecule has 0 aromatic heterocycles. The lowest BCUT2D eigenvalue weighted by atomic mass is 10.4. The van der Waals surface area contributed by atoms with Gasteiger partial charge in [-0.25, -0.2) is 0 Å². The van der Waals surface area contributed by atoms with Gasteiger partial charge in [-0.1, -0.05) is 18.2 Å². The third-order valence-electron chi connectivity index (χ3n) is 1.97. The second-order valence-electron chi connectivity index (χ2n) is 3.18. The van der Waals surface area contributed by atoms with Crippen molar-refractivity contribution >= 4 is 35.8 Å². The van der Waals surface area contributed by atoms with Gasteiger partial charge in [0.15, 0.2) is 0 Å². The Labute approximate surface area is 110 Å². The van der Waals surface area contributed by atoms with E-state index < -0.39 is 10.6 Å². The monoisotopic (exact) mass is 278 g/mol. The van der Waals surface area contributed by atoms with E-state index in [1.165, 1.54) is 0 Å². The molecule has 0 aliphatic rings. The standard InChI is InChI=1S/C11H18O2S3/c1-16(12-7-9-14,13-8-10-15)11-5-3-2-4-6-11/h2-6,14-15H,7-10H2,1H3. The van der Waals surface area contributed by atoms with E-state index >= 15 is 0 Å². The van der Waals surface area contributed by atoms with Gasteiger partial charge in [-0.05, 0) is 12.1 Å². The van der Waals surface area contributed by atoms with Crippen LogP contribution in [0, 0.1) is 0 Å². The van der Waals surface area contributed by atoms with Crippen LogP contribution in [0.3, 0.4) is 0 Å². The topological polar surface area (TPSA) is 18.5 Å². The minimum Gasteiger partial charge on any atom is -0.279 e. The van der Waals surface area contributed by atoms with E-state index in [0.29, 0.717) is 24.7 Å². The van der Waals surface area contributed by atoms with Crippen LogP contribution in [0.15, 0.2) is 35.2 Å². The Bertz CT molecular complexity index is 285. The maximum Gasteiger partial charge on any atom is 0.0806 e. The SMILES string of the molecule is CS(OCCS)(OCCS)c1ccccc1. The van der Waals surface area contributed by atoms with Crippen molar-refractivity contribution in [2.24, 2.45) is 0 Å². The van der Waals surface area contributed by atoms with Crippen molar-refractivity contribution in [3.05, 3.63) is 30.3 Å². The number of benzene rings is 1. The van der Waals surface area contributed by atoms with Crippen molar-refractivity contribution in [2.75, 3.05) is 31.0 Å². The van der Waals surface area contributed by atoms with Crippen LogP contribution < -0.4 is 0 Å². The third kappa shape index (κ3) is 4.22. The van der Waals surface area contributed by atoms with E-state index in [0.717, 1.165) is 4.90 Å². The smallest absolute Gasteiger partial charge is 0.0806 e. The Morgan fingerprint density at radius 2 is 1.50 bits per heavy atom. The minimum absolute atomic E-state index is 0.594. The highest BCUT2D eigenvalue weighted by molar-refractivity contribution is 8.25. The predicted molar refractivity (Wildman–Crippen MR) is 77.8 cm³/mol. The summed E-state index contributed by atoms with van der Waals surface area (Å²) in [5, 5.41) is 0. The quantitative estimate of drug-likeness (QED) is 0.746. The summed E-state index contributed by atoms with van der Waals surface area (Å²) in [5.41, 5.74) is 0. The van der Waals surface area contributed by atoms with Crippen LogP contribution in [-0.4, -0.2) is 31.0 Å². The summed E-state index contributed by atoms with van der Waals surface area (Å²) >= 11 is 8.31. The zero-order chi connectivity index (χ0) is 11.9. The lowest BCUT2D eigenvalue weighted by Crippen LogP contribution is -2.11. The van der Waals surface area contributed by atoms with Crippen LogP contribution >= 0.6 is 35.8 Å². The van der Waals surface area contributed by atoms with E-state index in [2.05, 4.69) is 25.3 Å². The highest BCUT2D eigenvalue weighted by atomic mass is 32.3. The van der Waals surface area contributed by atoms with Crippen LogP contribution in [0.5, 0.6) is 0 Å². The summed E-state index contributed by atoms with van der Waals surface area (Å²) in [4.78, 5) is 1.10. The first kappa shape index (κ1) is 14.3. The minimum atomic E-state index is -1.64. The van der Waals surface area contributed by atoms with Gasteiger partial charge in [0.1, 0.15) is 0 Å². The summed E-state index contributed by atoms with van der Waals surface area (Å²) in [7, 11) is -1.64. The Balaban J connectivity index is 2.77. The highest BCUT2D eigenvalue weighted by Crippen LogP contribution is 2.54. The molecule has 0 amide bonds. The van der Waals surface area contributed by atoms with E-state index in [9.17, 15) is 0 Å². The Kier molecular flexibility index (Phi) is 6.68. The number of hydrogen-bond donors (Lipinski definition) is 2. The third-order valence-corrected chi connectivity index (χ3v) is 4.70. The number of thiol groups is 2. The molecule has 0 saturated carbocycles. The van der Waals surface area contributed by atoms with Crippen molar-refractivity contribution in [3.63, 3.8) is 0 Å². The molecule has 1 aromatic carbocycles. The van der Waals surface area contributed by atoms with Crippen molar-refractivity contribution in [2.45, 2.75) is 4.90 Å². The molecule has 0 N–H and O–H groups in total. The molecule has 0 aliphatic heterocycles. The molecule has 0 spiro atoms. The van der Waals surface area contributed by atoms with Gasteiger partial charge >= 0.3 is 0 Å². The summed E-state index contributed by atoms with van der Waals surface area (Å²) < 4.78 is 11.6. The average molecular weight is 278 g/mol. The molecule has 1 aromatic rings. The number of rotatable bonds is 7. The summed E-state index contributed by atoms with van der Waals surface area (Å²) in [6.45, 7) is 1.19. The molecule has 92 valence electrons. The van der Waals surface area contributed by atoms with Crippen LogP contribution in [0.4, 0.5) is 0 Å². The molecule has 0 aliphatic carbocycles. The van der Waals surface area contributed by atoms with E-state index in [1.807, 2.05) is 36.6 Å². The van der Waals surface area contributed by atoms with Gasteiger partial charge in [-0.2, -0.15) is 35.8 Å². The maximum atomic E-state index is 5.82. The van der Waals surface area contributed by atoms with E-state index in [1.54, 1.807) is 0 Å². The first-order valence-corrected chi connectivity index (χ1v) is 8.22. The zero-order valence-corrected chi connectivity index (χ0v) is 11.9. The molecule has 16 heavy (non-hydrogen) atoms. The second-order valence-corrected chi connectivity index (χ2v) is 6.56. The second kappa shape index (κ2) is 7.50. The molecule has 0 radical (unpaired) electrons. The van der Waals surface area contributed by atoms with Gasteiger partial charge in [0, 0.05) is 17.8 Å². The Morgan fingerprint density at radius 3 is 1.94 bits per heavy atom. The molecule has 0 saturated heterocycles. The van der Waals surface area contributed by atoms with Gasteiger partial charge in [0.2, 0.25) is 0 Å².